The van der Waals surface area contributed by atoms with Crippen LogP contribution in [0.15, 0.2) is 59.1 Å². The molecular weight excluding hydrogens is 524 g/mol. The number of rotatable bonds is 5. The normalized spacial score (nSPS) is 10.2. The minimum atomic E-state index is -0.822. The van der Waals surface area contributed by atoms with Crippen molar-refractivity contribution >= 4 is 50.9 Å². The average molecular weight is 537 g/mol. The lowest BCUT2D eigenvalue weighted by atomic mass is 10.1. The number of nitrogens with zero attached hydrogens (tertiary/aromatic N) is 1. The van der Waals surface area contributed by atoms with Crippen LogP contribution in [-0.2, 0) is 11.2 Å². The number of hydrogen-bond donors (Lipinski definition) is 2. The van der Waals surface area contributed by atoms with E-state index in [0.717, 1.165) is 0 Å². The highest BCUT2D eigenvalue weighted by Gasteiger charge is 2.18. The molecular formula is C22H13BrCl2FN3O3. The van der Waals surface area contributed by atoms with Crippen molar-refractivity contribution in [2.45, 2.75) is 6.42 Å². The van der Waals surface area contributed by atoms with Gasteiger partial charge in [0.1, 0.15) is 5.75 Å². The Bertz CT molecular complexity index is 1230. The third kappa shape index (κ3) is 5.98. The van der Waals surface area contributed by atoms with Gasteiger partial charge in [0.25, 0.3) is 5.91 Å². The van der Waals surface area contributed by atoms with Crippen molar-refractivity contribution in [2.75, 3.05) is 0 Å². The van der Waals surface area contributed by atoms with E-state index >= 15 is 0 Å². The fourth-order valence-corrected chi connectivity index (χ4v) is 3.67. The number of hydrazine groups is 1. The monoisotopic (exact) mass is 535 g/mol. The molecule has 0 spiro atoms. The van der Waals surface area contributed by atoms with Gasteiger partial charge in [0.15, 0.2) is 11.6 Å². The molecule has 3 aromatic rings. The fourth-order valence-electron chi connectivity index (χ4n) is 2.65. The Kier molecular flexibility index (Phi) is 7.70. The summed E-state index contributed by atoms with van der Waals surface area (Å²) in [7, 11) is 0. The molecule has 162 valence electrons. The van der Waals surface area contributed by atoms with Crippen LogP contribution in [0.3, 0.4) is 0 Å². The Hall–Kier alpha value is -3.12. The van der Waals surface area contributed by atoms with Gasteiger partial charge in [-0.3, -0.25) is 20.4 Å². The number of carbonyl (C=O) groups is 2. The van der Waals surface area contributed by atoms with Crippen LogP contribution in [0.2, 0.25) is 10.0 Å². The molecule has 0 aromatic heterocycles. The second kappa shape index (κ2) is 10.5. The quantitative estimate of drug-likeness (QED) is 0.417. The Morgan fingerprint density at radius 3 is 2.59 bits per heavy atom. The summed E-state index contributed by atoms with van der Waals surface area (Å²) in [5.74, 6) is -2.13. The van der Waals surface area contributed by atoms with Crippen molar-refractivity contribution in [3.05, 3.63) is 91.6 Å². The zero-order valence-corrected chi connectivity index (χ0v) is 19.2. The molecule has 0 aliphatic rings. The standard InChI is InChI=1S/C22H13BrCl2FN3O3/c23-15-8-16(24)10-17(9-15)32-21-18(25)5-4-13(20(21)26)7-19(30)28-29-22(31)14-3-1-2-12(6-14)11-27/h1-6,8-10H,7H2,(H,28,30)(H,29,31). The summed E-state index contributed by atoms with van der Waals surface area (Å²) in [6.45, 7) is 0. The SMILES string of the molecule is N#Cc1cccc(C(=O)NNC(=O)Cc2ccc(Cl)c(Oc3cc(Cl)cc(Br)c3)c2F)c1. The molecule has 6 nitrogen and oxygen atoms in total. The van der Waals surface area contributed by atoms with Crippen LogP contribution in [0, 0.1) is 17.1 Å². The molecule has 0 radical (unpaired) electrons. The van der Waals surface area contributed by atoms with E-state index in [2.05, 4.69) is 26.8 Å². The molecule has 0 aliphatic carbocycles. The van der Waals surface area contributed by atoms with Crippen LogP contribution in [-0.4, -0.2) is 11.8 Å². The first kappa shape index (κ1) is 23.5. The topological polar surface area (TPSA) is 91.2 Å². The Morgan fingerprint density at radius 1 is 1.09 bits per heavy atom. The Morgan fingerprint density at radius 2 is 1.88 bits per heavy atom. The number of amides is 2. The zero-order chi connectivity index (χ0) is 23.3. The first-order chi connectivity index (χ1) is 15.3. The number of benzene rings is 3. The predicted molar refractivity (Wildman–Crippen MR) is 121 cm³/mol. The minimum absolute atomic E-state index is 0.00344. The molecule has 0 fully saturated rings. The second-order valence-electron chi connectivity index (χ2n) is 6.43. The average Bonchev–Trinajstić information content (AvgIpc) is 2.76. The Labute approximate surface area is 201 Å². The van der Waals surface area contributed by atoms with E-state index in [-0.39, 0.29) is 27.6 Å². The van der Waals surface area contributed by atoms with E-state index in [1.165, 1.54) is 30.3 Å². The Balaban J connectivity index is 1.69. The summed E-state index contributed by atoms with van der Waals surface area (Å²) in [4.78, 5) is 24.4. The number of nitriles is 1. The minimum Gasteiger partial charge on any atom is -0.453 e. The van der Waals surface area contributed by atoms with Gasteiger partial charge in [-0.15, -0.1) is 0 Å². The van der Waals surface area contributed by atoms with Crippen LogP contribution in [0.5, 0.6) is 11.5 Å². The fraction of sp³-hybridized carbons (Fsp3) is 0.0455. The maximum absolute atomic E-state index is 15.0. The van der Waals surface area contributed by atoms with Crippen LogP contribution < -0.4 is 15.6 Å². The van der Waals surface area contributed by atoms with Gasteiger partial charge in [-0.05, 0) is 42.5 Å². The maximum atomic E-state index is 15.0. The van der Waals surface area contributed by atoms with Crippen molar-refractivity contribution < 1.29 is 18.7 Å². The molecule has 0 heterocycles. The maximum Gasteiger partial charge on any atom is 0.269 e. The van der Waals surface area contributed by atoms with Crippen molar-refractivity contribution in [1.82, 2.24) is 10.9 Å². The number of carbonyl (C=O) groups excluding carboxylic acids is 2. The molecule has 3 aromatic carbocycles. The summed E-state index contributed by atoms with van der Waals surface area (Å²) in [5.41, 5.74) is 4.91. The summed E-state index contributed by atoms with van der Waals surface area (Å²) < 4.78 is 21.2. The van der Waals surface area contributed by atoms with Gasteiger partial charge in [-0.2, -0.15) is 5.26 Å². The van der Waals surface area contributed by atoms with E-state index in [1.807, 2.05) is 6.07 Å². The van der Waals surface area contributed by atoms with Gasteiger partial charge in [0, 0.05) is 20.6 Å². The lowest BCUT2D eigenvalue weighted by Crippen LogP contribution is -2.42. The summed E-state index contributed by atoms with van der Waals surface area (Å²) in [6.07, 6.45) is -0.392. The molecule has 0 saturated carbocycles. The molecule has 0 atom stereocenters. The summed E-state index contributed by atoms with van der Waals surface area (Å²) >= 11 is 15.3. The van der Waals surface area contributed by atoms with Gasteiger partial charge < -0.3 is 4.74 Å². The van der Waals surface area contributed by atoms with Crippen LogP contribution in [0.25, 0.3) is 0 Å². The van der Waals surface area contributed by atoms with Crippen LogP contribution in [0.4, 0.5) is 4.39 Å². The molecule has 10 heteroatoms. The van der Waals surface area contributed by atoms with Gasteiger partial charge in [-0.1, -0.05) is 51.3 Å². The van der Waals surface area contributed by atoms with Crippen molar-refractivity contribution in [3.8, 4) is 17.6 Å². The van der Waals surface area contributed by atoms with E-state index in [9.17, 15) is 14.0 Å². The highest BCUT2D eigenvalue weighted by molar-refractivity contribution is 9.10. The van der Waals surface area contributed by atoms with Crippen LogP contribution >= 0.6 is 39.1 Å². The molecule has 0 saturated heterocycles. The van der Waals surface area contributed by atoms with E-state index in [4.69, 9.17) is 33.2 Å². The predicted octanol–water partition coefficient (Wildman–Crippen LogP) is 5.56. The molecule has 32 heavy (non-hydrogen) atoms. The van der Waals surface area contributed by atoms with E-state index < -0.39 is 24.1 Å². The zero-order valence-electron chi connectivity index (χ0n) is 16.1. The molecule has 2 N–H and O–H groups in total. The van der Waals surface area contributed by atoms with Gasteiger partial charge in [0.05, 0.1) is 23.1 Å². The summed E-state index contributed by atoms with van der Waals surface area (Å²) in [5, 5.41) is 9.28. The first-order valence-corrected chi connectivity index (χ1v) is 10.5. The molecule has 2 amide bonds. The second-order valence-corrected chi connectivity index (χ2v) is 8.19. The first-order valence-electron chi connectivity index (χ1n) is 8.97. The molecule has 0 aliphatic heterocycles. The van der Waals surface area contributed by atoms with Gasteiger partial charge in [0.2, 0.25) is 5.91 Å². The third-order valence-electron chi connectivity index (χ3n) is 4.11. The lowest BCUT2D eigenvalue weighted by Gasteiger charge is -2.13. The van der Waals surface area contributed by atoms with Crippen LogP contribution in [0.1, 0.15) is 21.5 Å². The molecule has 0 unspecified atom stereocenters. The van der Waals surface area contributed by atoms with E-state index in [0.29, 0.717) is 15.1 Å². The smallest absolute Gasteiger partial charge is 0.269 e. The highest BCUT2D eigenvalue weighted by Crippen LogP contribution is 2.36. The lowest BCUT2D eigenvalue weighted by molar-refractivity contribution is -0.121. The largest absolute Gasteiger partial charge is 0.453 e. The number of nitrogens with one attached hydrogen (secondary N) is 2. The third-order valence-corrected chi connectivity index (χ3v) is 5.08. The number of ether oxygens (including phenoxy) is 1. The summed E-state index contributed by atoms with van der Waals surface area (Å²) in [6, 6.07) is 15.3. The molecule has 0 bridgehead atoms. The van der Waals surface area contributed by atoms with E-state index in [1.54, 1.807) is 24.3 Å². The van der Waals surface area contributed by atoms with Gasteiger partial charge >= 0.3 is 0 Å². The molecule has 3 rings (SSSR count). The highest BCUT2D eigenvalue weighted by atomic mass is 79.9. The van der Waals surface area contributed by atoms with Gasteiger partial charge in [-0.25, -0.2) is 4.39 Å². The number of halogens is 4. The van der Waals surface area contributed by atoms with Crippen molar-refractivity contribution in [2.24, 2.45) is 0 Å². The number of hydrogen-bond acceptors (Lipinski definition) is 4. The van der Waals surface area contributed by atoms with Crippen molar-refractivity contribution in [3.63, 3.8) is 0 Å². The van der Waals surface area contributed by atoms with Crippen molar-refractivity contribution in [1.29, 1.82) is 5.26 Å².